The number of carbonyl (C=O) groups excluding carboxylic acids is 13. The van der Waals surface area contributed by atoms with E-state index in [1.54, 1.807) is 69.4 Å². The summed E-state index contributed by atoms with van der Waals surface area (Å²) in [6, 6.07) is 11.7. The van der Waals surface area contributed by atoms with Crippen molar-refractivity contribution in [3.63, 3.8) is 0 Å². The van der Waals surface area contributed by atoms with Crippen LogP contribution in [0.3, 0.4) is 0 Å². The maximum atomic E-state index is 11.7. The normalized spacial score (nSPS) is 11.8. The minimum absolute atomic E-state index is 0.0181. The molecule has 2 aromatic rings. The fraction of sp³-hybridized carbons (Fsp3) is 0.663. The van der Waals surface area contributed by atoms with Crippen LogP contribution in [-0.2, 0) is 100 Å². The minimum atomic E-state index is -0.404. The molecule has 0 radical (unpaired) electrons. The number of carbonyl (C=O) groups is 13. The Hall–Kier alpha value is -5.88. The van der Waals surface area contributed by atoms with Crippen LogP contribution in [-0.4, -0.2) is 242 Å². The van der Waals surface area contributed by atoms with Gasteiger partial charge in [0.1, 0.15) is 62.9 Å². The van der Waals surface area contributed by atoms with Gasteiger partial charge in [0.05, 0.1) is 106 Å². The number of hydrogen-bond donors (Lipinski definition) is 1. The van der Waals surface area contributed by atoms with Crippen LogP contribution in [0.15, 0.2) is 88.3 Å². The van der Waals surface area contributed by atoms with E-state index in [0.717, 1.165) is 54.6 Å². The lowest BCUT2D eigenvalue weighted by Gasteiger charge is -2.13. The van der Waals surface area contributed by atoms with Crippen molar-refractivity contribution in [3.8, 4) is 12.3 Å². The first kappa shape index (κ1) is 120. The Morgan fingerprint density at radius 1 is 0.433 bits per heavy atom. The molecule has 0 aliphatic carbocycles. The summed E-state index contributed by atoms with van der Waals surface area (Å²) in [5.74, 6) is 5.64. The molecule has 4 heterocycles. The Morgan fingerprint density at radius 2 is 0.775 bits per heavy atom. The number of terminal acetylenes is 1. The monoisotopic (exact) mass is 1890 g/mol. The number of azide groups is 1. The molecule has 0 saturated carbocycles. The highest BCUT2D eigenvalue weighted by molar-refractivity contribution is 14.1. The van der Waals surface area contributed by atoms with E-state index in [-0.39, 0.29) is 125 Å². The Morgan fingerprint density at radius 3 is 1.13 bits per heavy atom. The van der Waals surface area contributed by atoms with E-state index < -0.39 is 11.8 Å². The molecule has 0 bridgehead atoms. The number of Topliss-reactive ketones (excluding diaryl/α,β-unsaturated/α-hetero) is 9. The standard InChI is InChI=1S/C17H25NO3S2.C13H19NO2S2.C12H17NO4.C11H18O3.C9H11NO3.C8H15IO2.C8H15N3O2.C8H16O2S/c1-14(2)16(20)8-12-21-11-5-6-15(19)9-13-22-23-17-7-3-4-10-18-17;1-11(2)12(15)6-8-16-9-10-17-18-13-5-3-4-7-14-13;1-9(2)10(14)5-7-17-8-6-13-11(15)3-4-12(13)16;1-4-6-13-8-9-14-7-5-11(12)10(2)3;1-6(2)7(11)5-10-8(12)3-4-9(10)13;1-7(2)8(10)3-5-11-6-4-9;1-7(2)8(12)3-5-13-6-4-10-11-9;1-7(2)8(9)3-4-10-5-6-11/h3-4,7,10,14H,5-6,8-9,11-13H2,1-2H3;3-5,7,11H,6,8-10H2,1-2H3;3-4,9H,5-8H2,1-2H3;1,10H,5-9H2,2-3H3;3-4,6H,5H2,1-2H3;7H,3-6H2,1-2H3;7H,3-6H2,1-2H3;7,11H,3-6H2,1-2H3. The fourth-order valence-corrected chi connectivity index (χ4v) is 12.0. The average molecular weight is 1890 g/mol. The predicted octanol–water partition coefficient (Wildman–Crippen LogP) is 15.1. The van der Waals surface area contributed by atoms with Gasteiger partial charge in [-0.3, -0.25) is 72.1 Å². The van der Waals surface area contributed by atoms with Crippen LogP contribution >= 0.6 is 78.4 Å². The molecule has 4 amide bonds. The number of ether oxygens (including phenoxy) is 8. The summed E-state index contributed by atoms with van der Waals surface area (Å²) in [5.41, 5.74) is 7.93. The molecule has 0 aromatic carbocycles. The van der Waals surface area contributed by atoms with Gasteiger partial charge in [-0.1, -0.05) is 178 Å². The molecule has 0 unspecified atom stereocenters. The number of thiol groups is 1. The van der Waals surface area contributed by atoms with Gasteiger partial charge < -0.3 is 37.9 Å². The zero-order valence-corrected chi connectivity index (χ0v) is 79.9. The van der Waals surface area contributed by atoms with E-state index in [9.17, 15) is 62.3 Å². The van der Waals surface area contributed by atoms with E-state index >= 15 is 0 Å². The van der Waals surface area contributed by atoms with Crippen LogP contribution in [0.2, 0.25) is 0 Å². The number of hydrogen-bond acceptors (Lipinski definition) is 29. The summed E-state index contributed by atoms with van der Waals surface area (Å²) in [4.78, 5) is 159. The molecular formula is C86H136IN7O21S5. The first-order valence-electron chi connectivity index (χ1n) is 40.5. The largest absolute Gasteiger partial charge is 0.381 e. The van der Waals surface area contributed by atoms with Crippen molar-refractivity contribution in [2.24, 2.45) is 52.5 Å². The number of pyridine rings is 2. The second-order valence-corrected chi connectivity index (χ2v) is 34.8. The molecule has 120 heavy (non-hydrogen) atoms. The van der Waals surface area contributed by atoms with Gasteiger partial charge in [0, 0.05) is 182 Å². The molecule has 2 aliphatic heterocycles. The lowest BCUT2D eigenvalue weighted by molar-refractivity contribution is -0.141. The molecule has 28 nitrogen and oxygen atoms in total. The van der Waals surface area contributed by atoms with Crippen LogP contribution in [0.25, 0.3) is 10.4 Å². The van der Waals surface area contributed by atoms with Crippen LogP contribution in [0.1, 0.15) is 175 Å². The lowest BCUT2D eigenvalue weighted by atomic mass is 10.1. The van der Waals surface area contributed by atoms with Crippen molar-refractivity contribution in [2.75, 3.05) is 147 Å². The second-order valence-electron chi connectivity index (χ2n) is 28.4. The Balaban J connectivity index is -0.000000649. The summed E-state index contributed by atoms with van der Waals surface area (Å²) in [6.45, 7) is 38.3. The zero-order valence-electron chi connectivity index (χ0n) is 73.6. The van der Waals surface area contributed by atoms with Gasteiger partial charge in [-0.05, 0) is 57.8 Å². The van der Waals surface area contributed by atoms with Crippen molar-refractivity contribution in [1.82, 2.24) is 19.8 Å². The minimum Gasteiger partial charge on any atom is -0.381 e. The zero-order chi connectivity index (χ0) is 91.3. The highest BCUT2D eigenvalue weighted by Gasteiger charge is 2.27. The SMILES string of the molecule is C#CCOCCOCCC(=O)C(C)C.CC(C)C(=O)CCOCCCC(=O)CCSSc1ccccn1.CC(C)C(=O)CCOCCI.CC(C)C(=O)CCOCCN1C(=O)C=CC1=O.CC(C)C(=O)CCOCCN=[N+]=[N-].CC(C)C(=O)CCOCCS.CC(C)C(=O)CCOCCSSc1ccccn1.CC(C)C(=O)CN1C(=O)C=CC1=O. The number of ketones is 9. The lowest BCUT2D eigenvalue weighted by Crippen LogP contribution is -2.36. The van der Waals surface area contributed by atoms with Gasteiger partial charge in [0.15, 0.2) is 5.78 Å². The summed E-state index contributed by atoms with van der Waals surface area (Å²) >= 11 is 6.22. The topological polar surface area (TPSA) is 377 Å². The van der Waals surface area contributed by atoms with E-state index in [4.69, 9.17) is 49.8 Å². The number of aromatic nitrogens is 2. The van der Waals surface area contributed by atoms with Crippen molar-refractivity contribution in [1.29, 1.82) is 0 Å². The third kappa shape index (κ3) is 75.8. The van der Waals surface area contributed by atoms with E-state index in [2.05, 4.69) is 61.1 Å². The predicted molar refractivity (Wildman–Crippen MR) is 489 cm³/mol. The quantitative estimate of drug-likeness (QED) is 0.00614. The van der Waals surface area contributed by atoms with Gasteiger partial charge in [-0.15, -0.1) is 6.42 Å². The smallest absolute Gasteiger partial charge is 0.254 e. The van der Waals surface area contributed by atoms with Crippen LogP contribution < -0.4 is 0 Å². The van der Waals surface area contributed by atoms with Crippen molar-refractivity contribution < 1.29 is 100 Å². The van der Waals surface area contributed by atoms with Gasteiger partial charge in [0.25, 0.3) is 23.6 Å². The summed E-state index contributed by atoms with van der Waals surface area (Å²) < 4.78 is 42.6. The van der Waals surface area contributed by atoms with Gasteiger partial charge in [-0.25, -0.2) is 9.97 Å². The third-order valence-electron chi connectivity index (χ3n) is 15.7. The first-order valence-corrected chi connectivity index (χ1v) is 47.3. The van der Waals surface area contributed by atoms with Crippen LogP contribution in [0, 0.1) is 59.7 Å². The summed E-state index contributed by atoms with van der Waals surface area (Å²) in [6.07, 6.45) is 18.6. The number of amides is 4. The molecular weight excluding hydrogens is 1750 g/mol. The molecule has 0 saturated heterocycles. The highest BCUT2D eigenvalue weighted by atomic mass is 127. The Bertz CT molecular complexity index is 3260. The molecule has 0 fully saturated rings. The molecule has 0 spiro atoms. The fourth-order valence-electron chi connectivity index (χ4n) is 7.94. The maximum Gasteiger partial charge on any atom is 0.254 e. The van der Waals surface area contributed by atoms with Gasteiger partial charge in [-0.2, -0.15) is 12.6 Å². The highest BCUT2D eigenvalue weighted by Crippen LogP contribution is 2.30. The number of alkyl halides is 1. The molecule has 2 aliphatic rings. The molecule has 4 rings (SSSR count). The molecule has 34 heteroatoms. The number of nitrogens with zero attached hydrogens (tertiary/aromatic N) is 7. The molecule has 0 atom stereocenters. The van der Waals surface area contributed by atoms with Crippen LogP contribution in [0.5, 0.6) is 0 Å². The van der Waals surface area contributed by atoms with Gasteiger partial charge in [0.2, 0.25) is 0 Å². The average Bonchev–Trinajstić information content (AvgIpc) is 1.73. The Kier molecular flexibility index (Phi) is 83.0. The second kappa shape index (κ2) is 82.7. The molecule has 678 valence electrons. The van der Waals surface area contributed by atoms with Crippen molar-refractivity contribution >= 4 is 154 Å². The molecule has 2 aromatic heterocycles. The van der Waals surface area contributed by atoms with Gasteiger partial charge >= 0.3 is 0 Å². The number of rotatable bonds is 59. The van der Waals surface area contributed by atoms with Crippen molar-refractivity contribution in [2.45, 2.75) is 185 Å². The summed E-state index contributed by atoms with van der Waals surface area (Å²) in [5, 5.41) is 5.27. The number of imide groups is 2. The molecule has 0 N–H and O–H groups in total. The Labute approximate surface area is 749 Å². The maximum absolute atomic E-state index is 11.7. The van der Waals surface area contributed by atoms with E-state index in [1.165, 1.54) is 24.3 Å². The van der Waals surface area contributed by atoms with Crippen molar-refractivity contribution in [3.05, 3.63) is 83.5 Å². The third-order valence-corrected chi connectivity index (χ3v) is 20.8. The van der Waals surface area contributed by atoms with E-state index in [0.29, 0.717) is 163 Å². The summed E-state index contributed by atoms with van der Waals surface area (Å²) in [7, 11) is 6.62. The first-order chi connectivity index (χ1) is 57.1. The number of halogens is 1. The van der Waals surface area contributed by atoms with E-state index in [1.807, 2.05) is 133 Å². The van der Waals surface area contributed by atoms with Crippen LogP contribution in [0.4, 0.5) is 0 Å².